The van der Waals surface area contributed by atoms with Crippen molar-refractivity contribution in [1.82, 2.24) is 0 Å². The third-order valence-corrected chi connectivity index (χ3v) is 1.91. The van der Waals surface area contributed by atoms with Gasteiger partial charge in [-0.15, -0.1) is 0 Å². The Morgan fingerprint density at radius 3 is 2.50 bits per heavy atom. The van der Waals surface area contributed by atoms with Crippen molar-refractivity contribution in [2.45, 2.75) is 12.8 Å². The van der Waals surface area contributed by atoms with Gasteiger partial charge in [-0.1, -0.05) is 24.3 Å². The molecule has 0 aromatic carbocycles. The SMILES string of the molecule is O=C1CC=CC2=C1CC=C2. The molecule has 0 saturated carbocycles. The summed E-state index contributed by atoms with van der Waals surface area (Å²) < 4.78 is 0. The molecule has 0 amide bonds. The first-order chi connectivity index (χ1) is 4.88. The summed E-state index contributed by atoms with van der Waals surface area (Å²) in [6, 6.07) is 0. The van der Waals surface area contributed by atoms with Crippen LogP contribution in [0.3, 0.4) is 0 Å². The molecule has 0 aromatic heterocycles. The molecule has 2 rings (SSSR count). The first-order valence-corrected chi connectivity index (χ1v) is 3.47. The summed E-state index contributed by atoms with van der Waals surface area (Å²) in [5.41, 5.74) is 2.12. The molecule has 10 heavy (non-hydrogen) atoms. The van der Waals surface area contributed by atoms with Crippen molar-refractivity contribution >= 4 is 5.78 Å². The molecule has 0 fully saturated rings. The van der Waals surface area contributed by atoms with Gasteiger partial charge in [0.2, 0.25) is 0 Å². The average molecular weight is 132 g/mol. The lowest BCUT2D eigenvalue weighted by molar-refractivity contribution is -0.114. The molecular formula is C9H8O. The van der Waals surface area contributed by atoms with Crippen LogP contribution >= 0.6 is 0 Å². The fourth-order valence-corrected chi connectivity index (χ4v) is 1.37. The molecule has 0 unspecified atom stereocenters. The normalized spacial score (nSPS) is 22.2. The lowest BCUT2D eigenvalue weighted by Crippen LogP contribution is -2.03. The van der Waals surface area contributed by atoms with Gasteiger partial charge in [0.15, 0.2) is 5.78 Å². The molecule has 2 aliphatic carbocycles. The average Bonchev–Trinajstić information content (AvgIpc) is 2.36. The zero-order valence-electron chi connectivity index (χ0n) is 5.63. The molecule has 0 spiro atoms. The zero-order valence-corrected chi connectivity index (χ0v) is 5.63. The van der Waals surface area contributed by atoms with Gasteiger partial charge >= 0.3 is 0 Å². The van der Waals surface area contributed by atoms with Crippen LogP contribution < -0.4 is 0 Å². The minimum Gasteiger partial charge on any atom is -0.294 e. The topological polar surface area (TPSA) is 17.1 Å². The second-order valence-electron chi connectivity index (χ2n) is 2.57. The highest BCUT2D eigenvalue weighted by molar-refractivity contribution is 6.00. The van der Waals surface area contributed by atoms with E-state index < -0.39 is 0 Å². The minimum absolute atomic E-state index is 0.294. The molecule has 0 saturated heterocycles. The van der Waals surface area contributed by atoms with Crippen LogP contribution in [0.15, 0.2) is 35.5 Å². The van der Waals surface area contributed by atoms with Crippen molar-refractivity contribution in [3.63, 3.8) is 0 Å². The van der Waals surface area contributed by atoms with E-state index in [9.17, 15) is 4.79 Å². The van der Waals surface area contributed by atoms with Crippen LogP contribution in [-0.2, 0) is 4.79 Å². The van der Waals surface area contributed by atoms with Crippen LogP contribution in [-0.4, -0.2) is 5.78 Å². The smallest absolute Gasteiger partial charge is 0.163 e. The van der Waals surface area contributed by atoms with E-state index in [0.29, 0.717) is 12.2 Å². The lowest BCUT2D eigenvalue weighted by Gasteiger charge is -2.05. The van der Waals surface area contributed by atoms with Crippen molar-refractivity contribution in [3.8, 4) is 0 Å². The molecule has 2 aliphatic rings. The largest absolute Gasteiger partial charge is 0.294 e. The highest BCUT2D eigenvalue weighted by Crippen LogP contribution is 2.25. The van der Waals surface area contributed by atoms with Crippen LogP contribution in [0.5, 0.6) is 0 Å². The Morgan fingerprint density at radius 2 is 1.80 bits per heavy atom. The van der Waals surface area contributed by atoms with Gasteiger partial charge in [0.1, 0.15) is 0 Å². The lowest BCUT2D eigenvalue weighted by atomic mass is 9.99. The quantitative estimate of drug-likeness (QED) is 0.491. The summed E-state index contributed by atoms with van der Waals surface area (Å²) in [6.07, 6.45) is 9.46. The van der Waals surface area contributed by atoms with Crippen molar-refractivity contribution in [1.29, 1.82) is 0 Å². The van der Waals surface area contributed by atoms with Gasteiger partial charge in [-0.25, -0.2) is 0 Å². The maximum absolute atomic E-state index is 11.1. The maximum atomic E-state index is 11.1. The van der Waals surface area contributed by atoms with Crippen LogP contribution in [0.1, 0.15) is 12.8 Å². The first kappa shape index (κ1) is 5.66. The van der Waals surface area contributed by atoms with E-state index >= 15 is 0 Å². The van der Waals surface area contributed by atoms with Crippen LogP contribution in [0.4, 0.5) is 0 Å². The van der Waals surface area contributed by atoms with Gasteiger partial charge < -0.3 is 0 Å². The van der Waals surface area contributed by atoms with Gasteiger partial charge in [-0.05, 0) is 12.0 Å². The van der Waals surface area contributed by atoms with E-state index in [2.05, 4.69) is 0 Å². The van der Waals surface area contributed by atoms with E-state index in [4.69, 9.17) is 0 Å². The van der Waals surface area contributed by atoms with Gasteiger partial charge in [0.25, 0.3) is 0 Å². The van der Waals surface area contributed by atoms with Gasteiger partial charge in [-0.3, -0.25) is 4.79 Å². The van der Waals surface area contributed by atoms with Gasteiger partial charge in [-0.2, -0.15) is 0 Å². The molecule has 0 aliphatic heterocycles. The van der Waals surface area contributed by atoms with Crippen molar-refractivity contribution < 1.29 is 4.79 Å². The fraction of sp³-hybridized carbons (Fsp3) is 0.222. The third kappa shape index (κ3) is 0.670. The van der Waals surface area contributed by atoms with E-state index in [0.717, 1.165) is 17.6 Å². The Hall–Kier alpha value is -1.11. The highest BCUT2D eigenvalue weighted by atomic mass is 16.1. The number of carbonyl (C=O) groups excluding carboxylic acids is 1. The second kappa shape index (κ2) is 1.94. The predicted octanol–water partition coefficient (Wildman–Crippen LogP) is 1.77. The molecule has 0 heterocycles. The molecular weight excluding hydrogens is 124 g/mol. The zero-order chi connectivity index (χ0) is 6.97. The molecule has 50 valence electrons. The fourth-order valence-electron chi connectivity index (χ4n) is 1.37. The number of ketones is 1. The molecule has 1 heteroatoms. The Balaban J connectivity index is 2.45. The molecule has 0 atom stereocenters. The van der Waals surface area contributed by atoms with Crippen molar-refractivity contribution in [2.24, 2.45) is 0 Å². The number of allylic oxidation sites excluding steroid dienone is 6. The van der Waals surface area contributed by atoms with E-state index in [1.54, 1.807) is 0 Å². The van der Waals surface area contributed by atoms with Crippen LogP contribution in [0, 0.1) is 0 Å². The summed E-state index contributed by atoms with van der Waals surface area (Å²) in [5, 5.41) is 0. The predicted molar refractivity (Wildman–Crippen MR) is 39.5 cm³/mol. The Labute approximate surface area is 59.7 Å². The minimum atomic E-state index is 0.294. The number of rotatable bonds is 0. The van der Waals surface area contributed by atoms with Crippen molar-refractivity contribution in [2.75, 3.05) is 0 Å². The van der Waals surface area contributed by atoms with Crippen molar-refractivity contribution in [3.05, 3.63) is 35.5 Å². The highest BCUT2D eigenvalue weighted by Gasteiger charge is 2.16. The first-order valence-electron chi connectivity index (χ1n) is 3.47. The van der Waals surface area contributed by atoms with Gasteiger partial charge in [0, 0.05) is 12.0 Å². The van der Waals surface area contributed by atoms with Crippen LogP contribution in [0.25, 0.3) is 0 Å². The number of Topliss-reactive ketones (excluding diaryl/α,β-unsaturated/α-hetero) is 1. The van der Waals surface area contributed by atoms with E-state index in [1.807, 2.05) is 24.3 Å². The van der Waals surface area contributed by atoms with E-state index in [-0.39, 0.29) is 0 Å². The number of carbonyl (C=O) groups is 1. The molecule has 0 N–H and O–H groups in total. The number of hydrogen-bond acceptors (Lipinski definition) is 1. The Bertz CT molecular complexity index is 266. The molecule has 0 radical (unpaired) electrons. The van der Waals surface area contributed by atoms with Gasteiger partial charge in [0.05, 0.1) is 0 Å². The Kier molecular flexibility index (Phi) is 1.10. The monoisotopic (exact) mass is 132 g/mol. The van der Waals surface area contributed by atoms with Crippen LogP contribution in [0.2, 0.25) is 0 Å². The molecule has 0 aromatic rings. The summed E-state index contributed by atoms with van der Waals surface area (Å²) in [7, 11) is 0. The van der Waals surface area contributed by atoms with E-state index in [1.165, 1.54) is 0 Å². The molecule has 1 nitrogen and oxygen atoms in total. The molecule has 0 bridgehead atoms. The second-order valence-corrected chi connectivity index (χ2v) is 2.57. The third-order valence-electron chi connectivity index (χ3n) is 1.91. The summed E-state index contributed by atoms with van der Waals surface area (Å²) in [4.78, 5) is 11.1. The summed E-state index contributed by atoms with van der Waals surface area (Å²) in [6.45, 7) is 0. The Morgan fingerprint density at radius 1 is 1.10 bits per heavy atom. The maximum Gasteiger partial charge on any atom is 0.163 e. The number of hydrogen-bond donors (Lipinski definition) is 0. The summed E-state index contributed by atoms with van der Waals surface area (Å²) >= 11 is 0. The standard InChI is InChI=1S/C9H8O/c10-9-6-2-4-7-3-1-5-8(7)9/h1-4H,5-6H2. The summed E-state index contributed by atoms with van der Waals surface area (Å²) in [5.74, 6) is 0.294.